The molecule has 1 aromatic carbocycles. The predicted molar refractivity (Wildman–Crippen MR) is 172 cm³/mol. The molecule has 2 saturated carbocycles. The summed E-state index contributed by atoms with van der Waals surface area (Å²) in [7, 11) is 0. The van der Waals surface area contributed by atoms with Gasteiger partial charge in [0.1, 0.15) is 0 Å². The smallest absolute Gasteiger partial charge is 0.331 e. The molecule has 2 aromatic rings. The van der Waals surface area contributed by atoms with E-state index in [2.05, 4.69) is 77.7 Å². The van der Waals surface area contributed by atoms with Crippen LogP contribution in [0.5, 0.6) is 0 Å². The molecule has 43 heavy (non-hydrogen) atoms. The van der Waals surface area contributed by atoms with Crippen molar-refractivity contribution in [2.45, 2.75) is 117 Å². The third kappa shape index (κ3) is 3.86. The van der Waals surface area contributed by atoms with E-state index in [1.807, 2.05) is 6.08 Å². The van der Waals surface area contributed by atoms with Crippen molar-refractivity contribution in [2.75, 3.05) is 0 Å². The lowest BCUT2D eigenvalue weighted by molar-refractivity contribution is -0.144. The third-order valence-electron chi connectivity index (χ3n) is 13.2. The maximum atomic E-state index is 11.4. The number of nitrogens with one attached hydrogen (secondary N) is 1. The van der Waals surface area contributed by atoms with E-state index in [0.717, 1.165) is 38.5 Å². The lowest BCUT2D eigenvalue weighted by Gasteiger charge is -2.64. The highest BCUT2D eigenvalue weighted by atomic mass is 16.5. The van der Waals surface area contributed by atoms with Crippen LogP contribution in [0.1, 0.15) is 103 Å². The SMILES string of the molecule is C/C(=C\C=C\[C@@]1(C)[C@@H](O)CC[C@@]2(C)[C@H]1CC[C@H]1Cc3c([nH]c4cc5c(cc34)C3=CC(C)(C)OC(C)(C)[C@H]3C5)[C@@]12C)C(=O)O. The van der Waals surface area contributed by atoms with E-state index in [1.165, 1.54) is 38.9 Å². The number of rotatable bonds is 3. The number of hydrogen-bond donors (Lipinski definition) is 3. The van der Waals surface area contributed by atoms with Crippen molar-refractivity contribution in [2.24, 2.45) is 28.6 Å². The number of aromatic nitrogens is 1. The number of aliphatic hydroxyl groups excluding tert-OH is 1. The molecule has 5 aliphatic rings. The van der Waals surface area contributed by atoms with Gasteiger partial charge in [-0.2, -0.15) is 0 Å². The molecular formula is C38H49NO4. The minimum absolute atomic E-state index is 0.00295. The van der Waals surface area contributed by atoms with Gasteiger partial charge in [-0.25, -0.2) is 4.79 Å². The molecule has 0 unspecified atom stereocenters. The van der Waals surface area contributed by atoms with E-state index in [4.69, 9.17) is 4.74 Å². The second-order valence-corrected chi connectivity index (χ2v) is 16.3. The van der Waals surface area contributed by atoms with E-state index in [-0.39, 0.29) is 22.0 Å². The maximum Gasteiger partial charge on any atom is 0.331 e. The van der Waals surface area contributed by atoms with Crippen LogP contribution in [0, 0.1) is 28.6 Å². The van der Waals surface area contributed by atoms with Gasteiger partial charge in [0.05, 0.1) is 17.3 Å². The van der Waals surface area contributed by atoms with Crippen molar-refractivity contribution in [3.63, 3.8) is 0 Å². The van der Waals surface area contributed by atoms with Gasteiger partial charge >= 0.3 is 5.97 Å². The normalized spacial score (nSPS) is 39.2. The molecule has 2 heterocycles. The Morgan fingerprint density at radius 1 is 1.05 bits per heavy atom. The van der Waals surface area contributed by atoms with E-state index < -0.39 is 17.5 Å². The Morgan fingerprint density at radius 2 is 1.79 bits per heavy atom. The number of carboxylic acids is 1. The lowest BCUT2D eigenvalue weighted by Crippen LogP contribution is -2.61. The molecule has 0 amide bonds. The topological polar surface area (TPSA) is 82.5 Å². The predicted octanol–water partition coefficient (Wildman–Crippen LogP) is 7.91. The van der Waals surface area contributed by atoms with Crippen LogP contribution in [0.4, 0.5) is 0 Å². The number of aromatic amines is 1. The Hall–Kier alpha value is -2.63. The first kappa shape index (κ1) is 29.1. The van der Waals surface area contributed by atoms with Crippen molar-refractivity contribution in [1.29, 1.82) is 0 Å². The van der Waals surface area contributed by atoms with Gasteiger partial charge in [-0.3, -0.25) is 0 Å². The highest BCUT2D eigenvalue weighted by molar-refractivity contribution is 5.92. The molecular weight excluding hydrogens is 534 g/mol. The fourth-order valence-corrected chi connectivity index (χ4v) is 10.9. The molecule has 0 bridgehead atoms. The number of allylic oxidation sites excluding steroid dienone is 2. The second-order valence-electron chi connectivity index (χ2n) is 16.3. The lowest BCUT2D eigenvalue weighted by atomic mass is 9.40. The van der Waals surface area contributed by atoms with E-state index in [9.17, 15) is 15.0 Å². The van der Waals surface area contributed by atoms with Crippen LogP contribution < -0.4 is 0 Å². The van der Waals surface area contributed by atoms with E-state index in [0.29, 0.717) is 23.3 Å². The molecule has 0 spiro atoms. The minimum Gasteiger partial charge on any atom is -0.478 e. The fraction of sp³-hybridized carbons (Fsp3) is 0.605. The van der Waals surface area contributed by atoms with E-state index in [1.54, 1.807) is 13.0 Å². The van der Waals surface area contributed by atoms with Gasteiger partial charge in [0.2, 0.25) is 0 Å². The zero-order valence-corrected chi connectivity index (χ0v) is 27.2. The van der Waals surface area contributed by atoms with Crippen LogP contribution in [-0.4, -0.2) is 38.5 Å². The van der Waals surface area contributed by atoms with Gasteiger partial charge in [0.15, 0.2) is 0 Å². The van der Waals surface area contributed by atoms with Gasteiger partial charge in [-0.15, -0.1) is 0 Å². The minimum atomic E-state index is -0.906. The number of fused-ring (bicyclic) bond motifs is 10. The summed E-state index contributed by atoms with van der Waals surface area (Å²) in [6.45, 7) is 17.7. The Balaban J connectivity index is 1.31. The van der Waals surface area contributed by atoms with Crippen molar-refractivity contribution in [3.8, 4) is 0 Å². The quantitative estimate of drug-likeness (QED) is 0.253. The highest BCUT2D eigenvalue weighted by Crippen LogP contribution is 2.70. The summed E-state index contributed by atoms with van der Waals surface area (Å²) in [5.41, 5.74) is 7.86. The molecule has 7 rings (SSSR count). The summed E-state index contributed by atoms with van der Waals surface area (Å²) in [5, 5.41) is 22.2. The Bertz CT molecular complexity index is 1640. The summed E-state index contributed by atoms with van der Waals surface area (Å²) in [5.74, 6) is 0.331. The summed E-state index contributed by atoms with van der Waals surface area (Å²) >= 11 is 0. The molecule has 230 valence electrons. The van der Waals surface area contributed by atoms with Crippen LogP contribution in [0.2, 0.25) is 0 Å². The first-order chi connectivity index (χ1) is 20.0. The van der Waals surface area contributed by atoms with E-state index >= 15 is 0 Å². The molecule has 1 aliphatic heterocycles. The molecule has 0 saturated heterocycles. The van der Waals surface area contributed by atoms with Crippen LogP contribution in [0.25, 0.3) is 16.5 Å². The fourth-order valence-electron chi connectivity index (χ4n) is 10.9. The van der Waals surface area contributed by atoms with Gasteiger partial charge in [-0.1, -0.05) is 39.0 Å². The van der Waals surface area contributed by atoms with Crippen LogP contribution >= 0.6 is 0 Å². The number of aliphatic carboxylic acids is 1. The van der Waals surface area contributed by atoms with Gasteiger partial charge < -0.3 is 19.9 Å². The molecule has 2 fully saturated rings. The van der Waals surface area contributed by atoms with Gasteiger partial charge in [0, 0.05) is 38.9 Å². The van der Waals surface area contributed by atoms with Crippen LogP contribution in [0.15, 0.2) is 42.0 Å². The number of ether oxygens (including phenoxy) is 1. The maximum absolute atomic E-state index is 11.4. The summed E-state index contributed by atoms with van der Waals surface area (Å²) < 4.78 is 6.53. The first-order valence-electron chi connectivity index (χ1n) is 16.4. The Labute approximate surface area is 256 Å². The number of benzene rings is 1. The van der Waals surface area contributed by atoms with Crippen molar-refractivity contribution in [3.05, 3.63) is 64.4 Å². The molecule has 5 nitrogen and oxygen atoms in total. The van der Waals surface area contributed by atoms with Gasteiger partial charge in [-0.05, 0) is 131 Å². The molecule has 3 N–H and O–H groups in total. The molecule has 7 atom stereocenters. The average Bonchev–Trinajstić information content (AvgIpc) is 3.54. The molecule has 0 radical (unpaired) electrons. The highest BCUT2D eigenvalue weighted by Gasteiger charge is 2.66. The van der Waals surface area contributed by atoms with Crippen LogP contribution in [0.3, 0.4) is 0 Å². The third-order valence-corrected chi connectivity index (χ3v) is 13.2. The largest absolute Gasteiger partial charge is 0.478 e. The number of hydrogen-bond acceptors (Lipinski definition) is 3. The van der Waals surface area contributed by atoms with Crippen LogP contribution in [-0.2, 0) is 27.8 Å². The van der Waals surface area contributed by atoms with Crippen molar-refractivity contribution in [1.82, 2.24) is 4.98 Å². The zero-order chi connectivity index (χ0) is 30.9. The summed E-state index contributed by atoms with van der Waals surface area (Å²) in [6.07, 6.45) is 13.7. The number of H-pyrrole nitrogens is 1. The average molecular weight is 584 g/mol. The standard InChI is InChI=1S/C38H49NO4/c1-21(33(41)42)10-9-14-36(6)30-12-11-23-18-26-25-19-24-22(16-28-27(24)20-34(2,3)43-35(28,4)5)17-29(25)39-32(26)38(23,8)37(30,7)15-13-31(36)40/h9-10,14,17,19-20,23,28,30-31,39-40H,11-13,15-16,18H2,1-8H3,(H,41,42)/b14-9+,21-10+/t23-,28-,30-,31-,36+,37-,38+/m0/s1. The van der Waals surface area contributed by atoms with Crippen molar-refractivity contribution >= 4 is 22.4 Å². The first-order valence-corrected chi connectivity index (χ1v) is 16.4. The Morgan fingerprint density at radius 3 is 2.51 bits per heavy atom. The Kier molecular flexibility index (Phi) is 6.07. The molecule has 4 aliphatic carbocycles. The number of aliphatic hydroxyl groups is 1. The van der Waals surface area contributed by atoms with Crippen molar-refractivity contribution < 1.29 is 19.7 Å². The zero-order valence-electron chi connectivity index (χ0n) is 27.2. The number of carboxylic acid groups (broad SMARTS) is 1. The van der Waals surface area contributed by atoms with Gasteiger partial charge in [0.25, 0.3) is 0 Å². The molecule has 1 aromatic heterocycles. The summed E-state index contributed by atoms with van der Waals surface area (Å²) in [6, 6.07) is 4.93. The number of carbonyl (C=O) groups is 1. The summed E-state index contributed by atoms with van der Waals surface area (Å²) in [4.78, 5) is 15.4. The molecule has 5 heteroatoms. The monoisotopic (exact) mass is 583 g/mol. The second kappa shape index (κ2) is 8.97.